The van der Waals surface area contributed by atoms with Crippen LogP contribution in [0.15, 0.2) is 212 Å². The Morgan fingerprint density at radius 1 is 0.410 bits per heavy atom. The van der Waals surface area contributed by atoms with Gasteiger partial charge >= 0.3 is 0 Å². The van der Waals surface area contributed by atoms with Crippen molar-refractivity contribution in [3.63, 3.8) is 0 Å². The Bertz CT molecular complexity index is 3180. The number of nitrogens with zero attached hydrogens (tertiary/aromatic N) is 3. The molecule has 0 atom stereocenters. The lowest BCUT2D eigenvalue weighted by Gasteiger charge is -2.35. The minimum Gasteiger partial charge on any atom is -0.458 e. The van der Waals surface area contributed by atoms with Crippen LogP contribution in [0, 0.1) is 6.92 Å². The van der Waals surface area contributed by atoms with Crippen LogP contribution >= 0.6 is 0 Å². The molecule has 0 spiro atoms. The topological polar surface area (TPSA) is 29.9 Å². The lowest BCUT2D eigenvalue weighted by molar-refractivity contribution is 0.468. The first-order valence-electron chi connectivity index (χ1n) is 20.8. The first-order chi connectivity index (χ1) is 30.2. The van der Waals surface area contributed by atoms with Crippen LogP contribution in [0.2, 0.25) is 0 Å². The van der Waals surface area contributed by atoms with Crippen molar-refractivity contribution in [3.8, 4) is 28.7 Å². The fourth-order valence-electron chi connectivity index (χ4n) is 9.44. The van der Waals surface area contributed by atoms with Gasteiger partial charge in [-0.1, -0.05) is 115 Å². The van der Waals surface area contributed by atoms with Crippen LogP contribution in [0.3, 0.4) is 0 Å². The lowest BCUT2D eigenvalue weighted by atomic mass is 9.34. The number of benzene rings is 9. The molecule has 2 aliphatic heterocycles. The molecule has 10 aromatic rings. The minimum atomic E-state index is -0.155. The summed E-state index contributed by atoms with van der Waals surface area (Å²) >= 11 is 0. The van der Waals surface area contributed by atoms with Crippen molar-refractivity contribution in [2.24, 2.45) is 0 Å². The molecule has 3 heterocycles. The third kappa shape index (κ3) is 5.71. The van der Waals surface area contributed by atoms with Gasteiger partial charge in [-0.05, 0) is 109 Å². The molecule has 288 valence electrons. The van der Waals surface area contributed by atoms with Crippen molar-refractivity contribution in [2.75, 3.05) is 9.80 Å². The molecular formula is C55H38BN3O2. The Labute approximate surface area is 355 Å². The van der Waals surface area contributed by atoms with Gasteiger partial charge in [0, 0.05) is 68.2 Å². The largest absolute Gasteiger partial charge is 0.458 e. The second-order valence-corrected chi connectivity index (χ2v) is 15.8. The standard InChI is InChI=1S/C55H38BN3O2/c1-37-27-32-49-45(33-37)46-36-52-53-55(54(46)59(49)42-25-15-6-16-26-42)61-51-35-44(58(40-21-11-4-12-22-40)41-23-13-5-14-24-41)29-31-48(51)56(53)47-30-28-43(34-50(47)60-52)57(38-17-7-2-8-18-38)39-19-9-3-10-20-39/h2-36H,1H3. The SMILES string of the molecule is Cc1ccc2c(c1)c1cc3c4c(c1n2-c1ccccc1)Oc1cc(N(c2ccccc2)c2ccccc2)ccc1B4c1ccc(N(c2ccccc2)c2ccccc2)cc1O3. The van der Waals surface area contributed by atoms with Gasteiger partial charge in [0.15, 0.2) is 5.75 Å². The summed E-state index contributed by atoms with van der Waals surface area (Å²) in [7, 11) is 0. The van der Waals surface area contributed by atoms with Gasteiger partial charge in [-0.3, -0.25) is 0 Å². The van der Waals surface area contributed by atoms with Gasteiger partial charge in [-0.15, -0.1) is 0 Å². The first-order valence-corrected chi connectivity index (χ1v) is 20.8. The maximum absolute atomic E-state index is 7.38. The van der Waals surface area contributed by atoms with E-state index in [4.69, 9.17) is 9.47 Å². The molecule has 61 heavy (non-hydrogen) atoms. The van der Waals surface area contributed by atoms with Crippen molar-refractivity contribution < 1.29 is 9.47 Å². The molecule has 12 rings (SSSR count). The molecule has 0 N–H and O–H groups in total. The van der Waals surface area contributed by atoms with Gasteiger partial charge < -0.3 is 23.8 Å². The quantitative estimate of drug-likeness (QED) is 0.151. The van der Waals surface area contributed by atoms with Crippen LogP contribution in [-0.2, 0) is 0 Å². The summed E-state index contributed by atoms with van der Waals surface area (Å²) in [5.41, 5.74) is 13.9. The summed E-state index contributed by atoms with van der Waals surface area (Å²) in [4.78, 5) is 4.58. The Morgan fingerprint density at radius 3 is 1.39 bits per heavy atom. The van der Waals surface area contributed by atoms with Crippen LogP contribution in [0.5, 0.6) is 23.0 Å². The molecule has 0 saturated heterocycles. The molecule has 2 aliphatic rings. The predicted octanol–water partition coefficient (Wildman–Crippen LogP) is 12.8. The van der Waals surface area contributed by atoms with E-state index < -0.39 is 0 Å². The van der Waals surface area contributed by atoms with Gasteiger partial charge in [-0.2, -0.15) is 0 Å². The highest BCUT2D eigenvalue weighted by atomic mass is 16.5. The summed E-state index contributed by atoms with van der Waals surface area (Å²) in [5.74, 6) is 3.27. The van der Waals surface area contributed by atoms with E-state index in [2.05, 4.69) is 234 Å². The Morgan fingerprint density at radius 2 is 0.885 bits per heavy atom. The summed E-state index contributed by atoms with van der Waals surface area (Å²) in [6.45, 7) is 2.00. The van der Waals surface area contributed by atoms with Crippen LogP contribution in [0.1, 0.15) is 5.56 Å². The molecular weight excluding hydrogens is 745 g/mol. The predicted molar refractivity (Wildman–Crippen MR) is 253 cm³/mol. The summed E-state index contributed by atoms with van der Waals surface area (Å²) in [6.07, 6.45) is 0. The molecule has 0 saturated carbocycles. The number of hydrogen-bond acceptors (Lipinski definition) is 4. The van der Waals surface area contributed by atoms with Crippen molar-refractivity contribution in [1.29, 1.82) is 0 Å². The van der Waals surface area contributed by atoms with E-state index in [-0.39, 0.29) is 6.71 Å². The molecule has 0 fully saturated rings. The first kappa shape index (κ1) is 35.0. The molecule has 0 unspecified atom stereocenters. The maximum atomic E-state index is 7.38. The number of fused-ring (bicyclic) bond motifs is 8. The van der Waals surface area contributed by atoms with Gasteiger partial charge in [0.1, 0.15) is 17.2 Å². The van der Waals surface area contributed by atoms with Crippen molar-refractivity contribution in [2.45, 2.75) is 6.92 Å². The number of anilines is 6. The average Bonchev–Trinajstić information content (AvgIpc) is 3.64. The molecule has 0 amide bonds. The molecule has 9 aromatic carbocycles. The van der Waals surface area contributed by atoms with Gasteiger partial charge in [-0.25, -0.2) is 0 Å². The highest BCUT2D eigenvalue weighted by Crippen LogP contribution is 2.47. The molecule has 1 aromatic heterocycles. The molecule has 0 aliphatic carbocycles. The van der Waals surface area contributed by atoms with Crippen molar-refractivity contribution in [3.05, 3.63) is 218 Å². The van der Waals surface area contributed by atoms with Gasteiger partial charge in [0.25, 0.3) is 6.71 Å². The zero-order chi connectivity index (χ0) is 40.4. The number of aromatic nitrogens is 1. The Balaban J connectivity index is 1.12. The number of rotatable bonds is 7. The number of aryl methyl sites for hydroxylation is 1. The van der Waals surface area contributed by atoms with Gasteiger partial charge in [0.05, 0.1) is 11.0 Å². The average molecular weight is 784 g/mol. The van der Waals surface area contributed by atoms with Crippen LogP contribution in [-0.4, -0.2) is 11.3 Å². The fraction of sp³-hybridized carbons (Fsp3) is 0.0182. The second kappa shape index (κ2) is 14.1. The second-order valence-electron chi connectivity index (χ2n) is 15.8. The normalized spacial score (nSPS) is 12.2. The van der Waals surface area contributed by atoms with E-state index in [1.165, 1.54) is 5.56 Å². The van der Waals surface area contributed by atoms with E-state index in [9.17, 15) is 0 Å². The van der Waals surface area contributed by atoms with Crippen molar-refractivity contribution >= 4 is 79.0 Å². The highest BCUT2D eigenvalue weighted by Gasteiger charge is 2.43. The number of para-hydroxylation sites is 5. The Kier molecular flexibility index (Phi) is 8.10. The fourth-order valence-corrected chi connectivity index (χ4v) is 9.44. The smallest absolute Gasteiger partial charge is 0.260 e. The third-order valence-electron chi connectivity index (χ3n) is 12.1. The zero-order valence-corrected chi connectivity index (χ0v) is 33.4. The van der Waals surface area contributed by atoms with E-state index in [0.717, 1.165) is 101 Å². The van der Waals surface area contributed by atoms with Crippen molar-refractivity contribution in [1.82, 2.24) is 4.57 Å². The van der Waals surface area contributed by atoms with E-state index in [1.54, 1.807) is 0 Å². The molecule has 5 nitrogen and oxygen atoms in total. The summed E-state index contributed by atoms with van der Waals surface area (Å²) in [6, 6.07) is 75.1. The third-order valence-corrected chi connectivity index (χ3v) is 12.1. The van der Waals surface area contributed by atoms with Crippen LogP contribution in [0.4, 0.5) is 34.1 Å². The van der Waals surface area contributed by atoms with Gasteiger partial charge in [0.2, 0.25) is 0 Å². The minimum absolute atomic E-state index is 0.155. The monoisotopic (exact) mass is 783 g/mol. The van der Waals surface area contributed by atoms with E-state index in [1.807, 2.05) is 0 Å². The highest BCUT2D eigenvalue weighted by molar-refractivity contribution is 6.98. The molecule has 6 heteroatoms. The summed E-state index contributed by atoms with van der Waals surface area (Å²) < 4.78 is 16.9. The number of ether oxygens (including phenoxy) is 2. The molecule has 0 bridgehead atoms. The van der Waals surface area contributed by atoms with Crippen LogP contribution < -0.4 is 35.7 Å². The van der Waals surface area contributed by atoms with E-state index >= 15 is 0 Å². The molecule has 0 radical (unpaired) electrons. The van der Waals surface area contributed by atoms with Crippen LogP contribution in [0.25, 0.3) is 27.5 Å². The number of hydrogen-bond donors (Lipinski definition) is 0. The maximum Gasteiger partial charge on any atom is 0.260 e. The zero-order valence-electron chi connectivity index (χ0n) is 33.4. The Hall–Kier alpha value is -7.96. The van der Waals surface area contributed by atoms with E-state index in [0.29, 0.717) is 0 Å². The summed E-state index contributed by atoms with van der Waals surface area (Å²) in [5, 5.41) is 2.24. The lowest BCUT2D eigenvalue weighted by Crippen LogP contribution is -2.57.